The number of carbonyl (C=O) groups excluding carboxylic acids is 1. The topological polar surface area (TPSA) is 85.6 Å². The van der Waals surface area contributed by atoms with Crippen molar-refractivity contribution >= 4 is 22.4 Å². The van der Waals surface area contributed by atoms with Crippen LogP contribution in [0.4, 0.5) is 5.13 Å². The Morgan fingerprint density at radius 3 is 2.92 bits per heavy atom. The molecule has 7 nitrogen and oxygen atoms in total. The third-order valence-corrected chi connectivity index (χ3v) is 5.30. The van der Waals surface area contributed by atoms with E-state index in [4.69, 9.17) is 0 Å². The van der Waals surface area contributed by atoms with Crippen LogP contribution in [0.5, 0.6) is 0 Å². The first-order valence-electron chi connectivity index (χ1n) is 8.40. The van der Waals surface area contributed by atoms with E-state index in [1.807, 2.05) is 0 Å². The summed E-state index contributed by atoms with van der Waals surface area (Å²) in [6.07, 6.45) is 11.6. The van der Waals surface area contributed by atoms with Gasteiger partial charge < -0.3 is 0 Å². The van der Waals surface area contributed by atoms with Gasteiger partial charge >= 0.3 is 0 Å². The molecule has 8 heteroatoms. The summed E-state index contributed by atoms with van der Waals surface area (Å²) in [5.41, 5.74) is 1.67. The molecular formula is C17H18N6OS. The zero-order valence-electron chi connectivity index (χ0n) is 13.7. The van der Waals surface area contributed by atoms with Crippen molar-refractivity contribution in [1.82, 2.24) is 24.7 Å². The van der Waals surface area contributed by atoms with Gasteiger partial charge in [-0.25, -0.2) is 19.6 Å². The Hall–Kier alpha value is -2.61. The Bertz CT molecular complexity index is 848. The van der Waals surface area contributed by atoms with Gasteiger partial charge in [0.1, 0.15) is 12.7 Å². The quantitative estimate of drug-likeness (QED) is 0.781. The van der Waals surface area contributed by atoms with Crippen LogP contribution in [0.25, 0.3) is 5.82 Å². The van der Waals surface area contributed by atoms with Crippen LogP contribution in [-0.2, 0) is 12.8 Å². The van der Waals surface area contributed by atoms with Gasteiger partial charge in [-0.05, 0) is 37.8 Å². The lowest BCUT2D eigenvalue weighted by Crippen LogP contribution is -2.13. The fourth-order valence-corrected chi connectivity index (χ4v) is 3.98. The first-order valence-corrected chi connectivity index (χ1v) is 9.22. The smallest absolute Gasteiger partial charge is 0.257 e. The number of thiazole rings is 1. The summed E-state index contributed by atoms with van der Waals surface area (Å²) in [7, 11) is 0. The van der Waals surface area contributed by atoms with Crippen molar-refractivity contribution in [3.8, 4) is 5.82 Å². The van der Waals surface area contributed by atoms with Crippen LogP contribution in [0.2, 0.25) is 0 Å². The van der Waals surface area contributed by atoms with Crippen LogP contribution in [0.3, 0.4) is 0 Å². The Morgan fingerprint density at radius 2 is 2.08 bits per heavy atom. The lowest BCUT2D eigenvalue weighted by atomic mass is 10.0. The van der Waals surface area contributed by atoms with E-state index in [2.05, 4.69) is 25.4 Å². The predicted octanol–water partition coefficient (Wildman–Crippen LogP) is 3.03. The van der Waals surface area contributed by atoms with Crippen molar-refractivity contribution in [1.29, 1.82) is 0 Å². The van der Waals surface area contributed by atoms with Gasteiger partial charge in [0.05, 0.1) is 5.69 Å². The van der Waals surface area contributed by atoms with E-state index in [0.717, 1.165) is 18.5 Å². The van der Waals surface area contributed by atoms with E-state index in [1.54, 1.807) is 36.0 Å². The molecule has 0 bridgehead atoms. The van der Waals surface area contributed by atoms with Gasteiger partial charge in [-0.15, -0.1) is 11.3 Å². The number of amides is 1. The van der Waals surface area contributed by atoms with Crippen molar-refractivity contribution in [3.63, 3.8) is 0 Å². The van der Waals surface area contributed by atoms with E-state index >= 15 is 0 Å². The summed E-state index contributed by atoms with van der Waals surface area (Å²) in [6, 6.07) is 3.37. The predicted molar refractivity (Wildman–Crippen MR) is 95.1 cm³/mol. The largest absolute Gasteiger partial charge is 0.298 e. The molecular weight excluding hydrogens is 336 g/mol. The monoisotopic (exact) mass is 354 g/mol. The number of hydrogen-bond donors (Lipinski definition) is 1. The minimum atomic E-state index is -0.189. The molecule has 3 heterocycles. The highest BCUT2D eigenvalue weighted by molar-refractivity contribution is 7.15. The molecule has 0 atom stereocenters. The maximum atomic E-state index is 12.6. The number of rotatable bonds is 3. The molecule has 0 spiro atoms. The number of nitrogens with one attached hydrogen (secondary N) is 1. The van der Waals surface area contributed by atoms with E-state index < -0.39 is 0 Å². The number of nitrogens with zero attached hydrogens (tertiary/aromatic N) is 5. The highest BCUT2D eigenvalue weighted by Gasteiger charge is 2.16. The number of fused-ring (bicyclic) bond motifs is 1. The SMILES string of the molecule is O=C(Nc1nc2c(s1)CCCCCC2)c1ccnc(-n2cncn2)c1. The molecule has 4 rings (SSSR count). The fraction of sp³-hybridized carbons (Fsp3) is 0.353. The van der Waals surface area contributed by atoms with Gasteiger partial charge in [-0.3, -0.25) is 10.1 Å². The zero-order valence-corrected chi connectivity index (χ0v) is 14.5. The molecule has 3 aromatic rings. The second kappa shape index (κ2) is 7.10. The normalized spacial score (nSPS) is 14.4. The zero-order chi connectivity index (χ0) is 17.1. The Kier molecular flexibility index (Phi) is 4.51. The first kappa shape index (κ1) is 15.9. The summed E-state index contributed by atoms with van der Waals surface area (Å²) < 4.78 is 1.52. The van der Waals surface area contributed by atoms with Crippen LogP contribution < -0.4 is 5.32 Å². The maximum absolute atomic E-state index is 12.6. The molecule has 0 unspecified atom stereocenters. The number of pyridine rings is 1. The minimum Gasteiger partial charge on any atom is -0.298 e. The van der Waals surface area contributed by atoms with Crippen molar-refractivity contribution in [3.05, 3.63) is 47.1 Å². The molecule has 0 fully saturated rings. The van der Waals surface area contributed by atoms with E-state index in [9.17, 15) is 4.79 Å². The molecule has 1 amide bonds. The second-order valence-electron chi connectivity index (χ2n) is 6.00. The first-order chi connectivity index (χ1) is 12.3. The third kappa shape index (κ3) is 3.58. The number of aromatic nitrogens is 5. The Morgan fingerprint density at radius 1 is 1.20 bits per heavy atom. The van der Waals surface area contributed by atoms with Gasteiger partial charge in [0, 0.05) is 16.6 Å². The van der Waals surface area contributed by atoms with E-state index in [-0.39, 0.29) is 5.91 Å². The molecule has 0 saturated heterocycles. The van der Waals surface area contributed by atoms with E-state index in [1.165, 1.54) is 41.6 Å². The molecule has 25 heavy (non-hydrogen) atoms. The van der Waals surface area contributed by atoms with Crippen LogP contribution in [0.15, 0.2) is 31.0 Å². The Balaban J connectivity index is 1.52. The fourth-order valence-electron chi connectivity index (χ4n) is 2.94. The molecule has 0 radical (unpaired) electrons. The maximum Gasteiger partial charge on any atom is 0.257 e. The molecule has 0 saturated carbocycles. The number of hydrogen-bond acceptors (Lipinski definition) is 6. The van der Waals surface area contributed by atoms with Crippen LogP contribution >= 0.6 is 11.3 Å². The van der Waals surface area contributed by atoms with Crippen molar-refractivity contribution in [2.24, 2.45) is 0 Å². The third-order valence-electron chi connectivity index (χ3n) is 4.23. The van der Waals surface area contributed by atoms with Gasteiger partial charge in [0.25, 0.3) is 5.91 Å². The van der Waals surface area contributed by atoms with Crippen molar-refractivity contribution in [2.75, 3.05) is 5.32 Å². The number of aryl methyl sites for hydroxylation is 2. The molecule has 1 aliphatic carbocycles. The molecule has 0 aliphatic heterocycles. The van der Waals surface area contributed by atoms with Crippen LogP contribution in [0.1, 0.15) is 46.6 Å². The summed E-state index contributed by atoms with van der Waals surface area (Å²) in [6.45, 7) is 0. The molecule has 3 aromatic heterocycles. The number of carbonyl (C=O) groups is 1. The number of anilines is 1. The van der Waals surface area contributed by atoms with Crippen LogP contribution in [-0.4, -0.2) is 30.6 Å². The second-order valence-corrected chi connectivity index (χ2v) is 7.08. The summed E-state index contributed by atoms with van der Waals surface area (Å²) in [5.74, 6) is 0.363. The van der Waals surface area contributed by atoms with Crippen molar-refractivity contribution < 1.29 is 4.79 Å². The van der Waals surface area contributed by atoms with Crippen molar-refractivity contribution in [2.45, 2.75) is 38.5 Å². The molecule has 0 aromatic carbocycles. The molecule has 1 aliphatic rings. The average molecular weight is 354 g/mol. The summed E-state index contributed by atoms with van der Waals surface area (Å²) in [4.78, 5) is 26.6. The Labute approximate surface area is 149 Å². The highest BCUT2D eigenvalue weighted by atomic mass is 32.1. The lowest BCUT2D eigenvalue weighted by molar-refractivity contribution is 0.102. The average Bonchev–Trinajstić information content (AvgIpc) is 3.26. The van der Waals surface area contributed by atoms with Gasteiger partial charge in [-0.1, -0.05) is 12.8 Å². The van der Waals surface area contributed by atoms with Gasteiger partial charge in [0.15, 0.2) is 10.9 Å². The van der Waals surface area contributed by atoms with Crippen LogP contribution in [0, 0.1) is 0 Å². The minimum absolute atomic E-state index is 0.189. The lowest BCUT2D eigenvalue weighted by Gasteiger charge is -2.06. The summed E-state index contributed by atoms with van der Waals surface area (Å²) >= 11 is 1.60. The van der Waals surface area contributed by atoms with Gasteiger partial charge in [0.2, 0.25) is 0 Å². The summed E-state index contributed by atoms with van der Waals surface area (Å²) in [5, 5.41) is 7.63. The molecule has 128 valence electrons. The van der Waals surface area contributed by atoms with Gasteiger partial charge in [-0.2, -0.15) is 5.10 Å². The standard InChI is InChI=1S/C17H18N6OS/c24-16(12-7-8-19-15(9-12)23-11-18-10-20-23)22-17-21-13-5-3-1-2-4-6-14(13)25-17/h7-11H,1-6H2,(H,21,22,24). The van der Waals surface area contributed by atoms with E-state index in [0.29, 0.717) is 16.5 Å². The molecule has 1 N–H and O–H groups in total. The highest BCUT2D eigenvalue weighted by Crippen LogP contribution is 2.28.